The van der Waals surface area contributed by atoms with Gasteiger partial charge in [-0.2, -0.15) is 0 Å². The number of amides is 1. The van der Waals surface area contributed by atoms with E-state index in [0.29, 0.717) is 12.2 Å². The van der Waals surface area contributed by atoms with Crippen LogP contribution in [-0.4, -0.2) is 17.2 Å². The van der Waals surface area contributed by atoms with E-state index in [1.807, 2.05) is 36.4 Å². The normalized spacial score (nSPS) is 13.1. The number of hydrogen-bond donors (Lipinski definition) is 0. The fourth-order valence-corrected chi connectivity index (χ4v) is 7.53. The van der Waals surface area contributed by atoms with Crippen LogP contribution in [0.25, 0.3) is 60.9 Å². The molecule has 0 bridgehead atoms. The fourth-order valence-electron chi connectivity index (χ4n) is 7.53. The van der Waals surface area contributed by atoms with Gasteiger partial charge >= 0.3 is 0 Å². The highest BCUT2D eigenvalue weighted by atomic mass is 16.5. The number of carbonyl (C=O) groups is 1. The van der Waals surface area contributed by atoms with Crippen LogP contribution in [0.4, 0.5) is 5.69 Å². The summed E-state index contributed by atoms with van der Waals surface area (Å²) in [6.07, 6.45) is 0. The van der Waals surface area contributed by atoms with Crippen molar-refractivity contribution < 1.29 is 9.53 Å². The third-order valence-electron chi connectivity index (χ3n) is 10.1. The number of rotatable bonds is 5. The number of nitrogens with zero attached hydrogens (tertiary/aromatic N) is 2. The van der Waals surface area contributed by atoms with Crippen LogP contribution in [0.1, 0.15) is 27.0 Å². The van der Waals surface area contributed by atoms with Gasteiger partial charge in [0.2, 0.25) is 0 Å². The van der Waals surface area contributed by atoms with Gasteiger partial charge in [0.25, 0.3) is 5.91 Å². The van der Waals surface area contributed by atoms with Crippen LogP contribution in [-0.2, 0) is 11.3 Å². The maximum Gasteiger partial charge on any atom is 0.262 e. The molecule has 0 atom stereocenters. The van der Waals surface area contributed by atoms with E-state index in [-0.39, 0.29) is 12.6 Å². The van der Waals surface area contributed by atoms with Crippen LogP contribution in [0.5, 0.6) is 0 Å². The van der Waals surface area contributed by atoms with Crippen molar-refractivity contribution in [2.45, 2.75) is 20.5 Å². The molecule has 2 heterocycles. The summed E-state index contributed by atoms with van der Waals surface area (Å²) in [4.78, 5) is 16.8. The Labute approximate surface area is 297 Å². The summed E-state index contributed by atoms with van der Waals surface area (Å²) in [5, 5.41) is 2.28. The molecule has 9 rings (SSSR count). The first kappa shape index (κ1) is 30.8. The summed E-state index contributed by atoms with van der Waals surface area (Å²) in [6, 6.07) is 55.1. The zero-order valence-electron chi connectivity index (χ0n) is 28.6. The Morgan fingerprint density at radius 2 is 1.04 bits per heavy atom. The van der Waals surface area contributed by atoms with Crippen molar-refractivity contribution in [3.8, 4) is 39.1 Å². The number of carbonyl (C=O) groups excluding carboxylic acids is 1. The fraction of sp³-hybridized carbons (Fsp3) is 0.0851. The molecule has 7 aromatic carbocycles. The number of aryl methyl sites for hydroxylation is 2. The van der Waals surface area contributed by atoms with Gasteiger partial charge in [0.15, 0.2) is 0 Å². The second-order valence-corrected chi connectivity index (χ2v) is 13.4. The number of fused-ring (bicyclic) bond motifs is 4. The van der Waals surface area contributed by atoms with Crippen LogP contribution in [0, 0.1) is 13.8 Å². The van der Waals surface area contributed by atoms with Gasteiger partial charge in [-0.05, 0) is 59.9 Å². The van der Waals surface area contributed by atoms with Gasteiger partial charge in [0.05, 0.1) is 28.9 Å². The molecule has 0 saturated carbocycles. The Hall–Kier alpha value is -6.23. The molecule has 0 radical (unpaired) electrons. The molecule has 8 aromatic rings. The maximum absolute atomic E-state index is 15.0. The van der Waals surface area contributed by atoms with E-state index in [9.17, 15) is 4.79 Å². The monoisotopic (exact) mass is 660 g/mol. The Bertz CT molecular complexity index is 2460. The Kier molecular flexibility index (Phi) is 7.60. The average molecular weight is 661 g/mol. The van der Waals surface area contributed by atoms with Crippen LogP contribution >= 0.6 is 0 Å². The van der Waals surface area contributed by atoms with Crippen molar-refractivity contribution in [1.29, 1.82) is 0 Å². The number of benzene rings is 7. The van der Waals surface area contributed by atoms with Crippen molar-refractivity contribution in [3.63, 3.8) is 0 Å². The predicted molar refractivity (Wildman–Crippen MR) is 209 cm³/mol. The standard InChI is InChI=1S/C47H36N2O2/c1-31-17-21-35(22-18-31)39-12-7-14-41-42-15-8-13-40(36-23-19-32(2)20-24-36)46(42)49(45(39)41)43-16-6-11-37-29-51-30-48(47(50)44(37)43)38-27-25-34(26-28-38)33-9-4-3-5-10-33/h3-28H,29-30H2,1-2H3. The van der Waals surface area contributed by atoms with Crippen LogP contribution in [0.15, 0.2) is 158 Å². The third kappa shape index (κ3) is 5.32. The molecule has 0 spiro atoms. The molecule has 51 heavy (non-hydrogen) atoms. The van der Waals surface area contributed by atoms with E-state index in [1.54, 1.807) is 4.90 Å². The molecular weight excluding hydrogens is 625 g/mol. The maximum atomic E-state index is 15.0. The number of aromatic nitrogens is 1. The lowest BCUT2D eigenvalue weighted by Gasteiger charge is -2.23. The topological polar surface area (TPSA) is 34.5 Å². The minimum Gasteiger partial charge on any atom is -0.356 e. The molecule has 4 heteroatoms. The van der Waals surface area contributed by atoms with Crippen LogP contribution in [0.3, 0.4) is 0 Å². The number of ether oxygens (including phenoxy) is 1. The predicted octanol–water partition coefficient (Wildman–Crippen LogP) is 11.5. The molecule has 0 saturated heterocycles. The summed E-state index contributed by atoms with van der Waals surface area (Å²) in [5.41, 5.74) is 14.4. The molecule has 0 unspecified atom stereocenters. The van der Waals surface area contributed by atoms with Gasteiger partial charge in [0.1, 0.15) is 6.73 Å². The number of para-hydroxylation sites is 2. The van der Waals surface area contributed by atoms with Crippen molar-refractivity contribution in [2.75, 3.05) is 11.6 Å². The summed E-state index contributed by atoms with van der Waals surface area (Å²) >= 11 is 0. The summed E-state index contributed by atoms with van der Waals surface area (Å²) in [7, 11) is 0. The minimum absolute atomic E-state index is 0.0822. The Balaban J connectivity index is 1.30. The van der Waals surface area contributed by atoms with Gasteiger partial charge in [0, 0.05) is 27.6 Å². The highest BCUT2D eigenvalue weighted by molar-refractivity contribution is 6.18. The summed E-state index contributed by atoms with van der Waals surface area (Å²) in [5.74, 6) is -0.0822. The molecule has 0 fully saturated rings. The van der Waals surface area contributed by atoms with Crippen molar-refractivity contribution in [3.05, 3.63) is 180 Å². The van der Waals surface area contributed by atoms with Crippen LogP contribution < -0.4 is 4.90 Å². The van der Waals surface area contributed by atoms with Crippen molar-refractivity contribution in [1.82, 2.24) is 4.57 Å². The van der Waals surface area contributed by atoms with Gasteiger partial charge in [-0.15, -0.1) is 0 Å². The van der Waals surface area contributed by atoms with Gasteiger partial charge in [-0.3, -0.25) is 9.69 Å². The van der Waals surface area contributed by atoms with E-state index >= 15 is 0 Å². The second-order valence-electron chi connectivity index (χ2n) is 13.4. The number of hydrogen-bond acceptors (Lipinski definition) is 2. The molecular formula is C47H36N2O2. The number of anilines is 1. The molecule has 1 aromatic heterocycles. The molecule has 0 aliphatic carbocycles. The highest BCUT2D eigenvalue weighted by Crippen LogP contribution is 2.43. The van der Waals surface area contributed by atoms with Gasteiger partial charge < -0.3 is 9.30 Å². The Morgan fingerprint density at radius 3 is 1.63 bits per heavy atom. The lowest BCUT2D eigenvalue weighted by atomic mass is 9.99. The first-order valence-electron chi connectivity index (χ1n) is 17.4. The molecule has 0 N–H and O–H groups in total. The second kappa shape index (κ2) is 12.6. The third-order valence-corrected chi connectivity index (χ3v) is 10.1. The zero-order chi connectivity index (χ0) is 34.5. The molecule has 1 aliphatic heterocycles. The smallest absolute Gasteiger partial charge is 0.262 e. The Morgan fingerprint density at radius 1 is 0.510 bits per heavy atom. The lowest BCUT2D eigenvalue weighted by Crippen LogP contribution is -2.32. The average Bonchev–Trinajstić information content (AvgIpc) is 3.42. The SMILES string of the molecule is Cc1ccc(-c2cccc3c4cccc(-c5ccc(C)cc5)c4n(-c4cccc5c4C(=O)N(c4ccc(-c6ccccc6)cc4)COC5)c23)cc1. The summed E-state index contributed by atoms with van der Waals surface area (Å²) in [6.45, 7) is 4.72. The quantitative estimate of drug-likeness (QED) is 0.184. The minimum atomic E-state index is -0.0822. The first-order chi connectivity index (χ1) is 25.0. The molecule has 4 nitrogen and oxygen atoms in total. The largest absolute Gasteiger partial charge is 0.356 e. The molecule has 1 amide bonds. The van der Waals surface area contributed by atoms with E-state index in [2.05, 4.69) is 140 Å². The first-order valence-corrected chi connectivity index (χ1v) is 17.4. The van der Waals surface area contributed by atoms with Crippen molar-refractivity contribution in [2.24, 2.45) is 0 Å². The molecule has 246 valence electrons. The van der Waals surface area contributed by atoms with E-state index in [1.165, 1.54) is 11.1 Å². The van der Waals surface area contributed by atoms with Gasteiger partial charge in [-0.1, -0.05) is 151 Å². The highest BCUT2D eigenvalue weighted by Gasteiger charge is 2.30. The zero-order valence-corrected chi connectivity index (χ0v) is 28.6. The van der Waals surface area contributed by atoms with Crippen molar-refractivity contribution >= 4 is 33.4 Å². The van der Waals surface area contributed by atoms with Crippen LogP contribution in [0.2, 0.25) is 0 Å². The van der Waals surface area contributed by atoms with Gasteiger partial charge in [-0.25, -0.2) is 0 Å². The van der Waals surface area contributed by atoms with E-state index in [4.69, 9.17) is 4.74 Å². The summed E-state index contributed by atoms with van der Waals surface area (Å²) < 4.78 is 8.57. The molecule has 1 aliphatic rings. The van der Waals surface area contributed by atoms with E-state index in [0.717, 1.165) is 72.1 Å². The van der Waals surface area contributed by atoms with E-state index < -0.39 is 0 Å². The lowest BCUT2D eigenvalue weighted by molar-refractivity contribution is 0.0905.